The maximum Gasteiger partial charge on any atom is 0.405 e. The number of aromatic amines is 1. The molecule has 0 spiro atoms. The van der Waals surface area contributed by atoms with E-state index in [9.17, 15) is 18.0 Å². The van der Waals surface area contributed by atoms with Gasteiger partial charge in [-0.25, -0.2) is 4.98 Å². The molecular weight excluding hydrogens is 521 g/mol. The van der Waals surface area contributed by atoms with E-state index in [1.807, 2.05) is 60.7 Å². The van der Waals surface area contributed by atoms with E-state index in [2.05, 4.69) is 20.5 Å². The van der Waals surface area contributed by atoms with E-state index in [-0.39, 0.29) is 0 Å². The minimum absolute atomic E-state index is 0.339. The predicted molar refractivity (Wildman–Crippen MR) is 139 cm³/mol. The van der Waals surface area contributed by atoms with Gasteiger partial charge in [0.05, 0.1) is 0 Å². The normalized spacial score (nSPS) is 13.7. The molecule has 5 rings (SSSR count). The molecule has 0 saturated heterocycles. The maximum atomic E-state index is 13.5. The van der Waals surface area contributed by atoms with Crippen LogP contribution in [0.4, 0.5) is 13.2 Å². The molecule has 0 atom stereocenters. The molecule has 0 bridgehead atoms. The zero-order valence-corrected chi connectivity index (χ0v) is 21.1. The summed E-state index contributed by atoms with van der Waals surface area (Å²) in [7, 11) is 0. The van der Waals surface area contributed by atoms with Crippen LogP contribution in [0.5, 0.6) is 0 Å². The second-order valence-corrected chi connectivity index (χ2v) is 10.2. The molecule has 4 aromatic rings. The lowest BCUT2D eigenvalue weighted by Crippen LogP contribution is -2.47. The molecule has 1 amide bonds. The van der Waals surface area contributed by atoms with Gasteiger partial charge in [0.2, 0.25) is 11.1 Å². The van der Waals surface area contributed by atoms with Gasteiger partial charge < -0.3 is 5.32 Å². The molecule has 0 radical (unpaired) electrons. The Kier molecular flexibility index (Phi) is 7.00. The minimum Gasteiger partial charge on any atom is -0.346 e. The lowest BCUT2D eigenvalue weighted by molar-refractivity contribution is -0.141. The summed E-state index contributed by atoms with van der Waals surface area (Å²) in [5.41, 5.74) is 2.83. The quantitative estimate of drug-likeness (QED) is 0.193. The molecule has 0 saturated carbocycles. The molecule has 0 unspecified atom stereocenters. The van der Waals surface area contributed by atoms with Crippen LogP contribution in [0, 0.1) is 0 Å². The van der Waals surface area contributed by atoms with Gasteiger partial charge in [-0.3, -0.25) is 9.89 Å². The number of benzene rings is 3. The van der Waals surface area contributed by atoms with E-state index in [1.165, 1.54) is 11.8 Å². The highest BCUT2D eigenvalue weighted by Gasteiger charge is 2.49. The summed E-state index contributed by atoms with van der Waals surface area (Å²) in [4.78, 5) is 18.0. The van der Waals surface area contributed by atoms with Crippen molar-refractivity contribution in [2.45, 2.75) is 29.6 Å². The SMILES string of the molecule is O=C(NCC(F)(F)F)C1(CCCSc2n[nH]c(-c3ccc(Cl)cc3)n2)c2ccccc2-c2ccccc21. The predicted octanol–water partition coefficient (Wildman–Crippen LogP) is 6.64. The topological polar surface area (TPSA) is 70.7 Å². The first-order chi connectivity index (χ1) is 17.8. The Bertz CT molecular complexity index is 1380. The molecule has 5 nitrogen and oxygen atoms in total. The molecule has 1 aromatic heterocycles. The third kappa shape index (κ3) is 5.10. The van der Waals surface area contributed by atoms with Crippen molar-refractivity contribution in [3.63, 3.8) is 0 Å². The van der Waals surface area contributed by atoms with Gasteiger partial charge in [0.25, 0.3) is 0 Å². The van der Waals surface area contributed by atoms with Crippen molar-refractivity contribution in [2.75, 3.05) is 12.3 Å². The number of halogens is 4. The number of alkyl halides is 3. The number of hydrogen-bond donors (Lipinski definition) is 2. The highest BCUT2D eigenvalue weighted by Crippen LogP contribution is 2.51. The lowest BCUT2D eigenvalue weighted by Gasteiger charge is -2.31. The van der Waals surface area contributed by atoms with Crippen LogP contribution in [0.2, 0.25) is 5.02 Å². The number of aromatic nitrogens is 3. The minimum atomic E-state index is -4.50. The largest absolute Gasteiger partial charge is 0.405 e. The molecule has 190 valence electrons. The number of thioether (sulfide) groups is 1. The molecule has 1 aliphatic carbocycles. The Morgan fingerprint density at radius 1 is 0.973 bits per heavy atom. The molecule has 1 heterocycles. The summed E-state index contributed by atoms with van der Waals surface area (Å²) in [5, 5.41) is 10.5. The van der Waals surface area contributed by atoms with E-state index >= 15 is 0 Å². The smallest absolute Gasteiger partial charge is 0.346 e. The average molecular weight is 543 g/mol. The Balaban J connectivity index is 1.36. The first kappa shape index (κ1) is 25.4. The van der Waals surface area contributed by atoms with Gasteiger partial charge in [-0.15, -0.1) is 5.10 Å². The van der Waals surface area contributed by atoms with Gasteiger partial charge in [0.15, 0.2) is 5.82 Å². The average Bonchev–Trinajstić information content (AvgIpc) is 3.47. The molecule has 37 heavy (non-hydrogen) atoms. The van der Waals surface area contributed by atoms with Gasteiger partial charge in [-0.05, 0) is 59.4 Å². The summed E-state index contributed by atoms with van der Waals surface area (Å²) >= 11 is 7.37. The van der Waals surface area contributed by atoms with Crippen LogP contribution < -0.4 is 5.32 Å². The molecular formula is C27H22ClF3N4OS. The number of hydrogen-bond acceptors (Lipinski definition) is 4. The Hall–Kier alpha value is -3.30. The van der Waals surface area contributed by atoms with Crippen LogP contribution in [0.3, 0.4) is 0 Å². The van der Waals surface area contributed by atoms with E-state index in [4.69, 9.17) is 11.6 Å². The van der Waals surface area contributed by atoms with Gasteiger partial charge in [0, 0.05) is 16.3 Å². The van der Waals surface area contributed by atoms with E-state index in [0.717, 1.165) is 27.8 Å². The van der Waals surface area contributed by atoms with E-state index in [1.54, 1.807) is 12.1 Å². The fraction of sp³-hybridized carbons (Fsp3) is 0.222. The Labute approximate surface area is 220 Å². The lowest BCUT2D eigenvalue weighted by atomic mass is 9.73. The molecule has 3 aromatic carbocycles. The van der Waals surface area contributed by atoms with Crippen LogP contribution in [0.15, 0.2) is 78.0 Å². The number of nitrogens with zero attached hydrogens (tertiary/aromatic N) is 2. The van der Waals surface area contributed by atoms with Crippen molar-refractivity contribution in [3.05, 3.63) is 88.9 Å². The summed E-state index contributed by atoms with van der Waals surface area (Å²) < 4.78 is 39.1. The standard InChI is InChI=1S/C27H22ClF3N4OS/c28-18-12-10-17(11-13-18)23-33-25(35-34-23)37-15-5-14-26(24(36)32-16-27(29,30)31)21-8-3-1-6-19(21)20-7-2-4-9-22(20)26/h1-4,6-13H,5,14-16H2,(H,32,36)(H,33,34,35). The van der Waals surface area contributed by atoms with Gasteiger partial charge in [-0.2, -0.15) is 13.2 Å². The van der Waals surface area contributed by atoms with Crippen molar-refractivity contribution in [2.24, 2.45) is 0 Å². The molecule has 0 aliphatic heterocycles. The zero-order chi connectivity index (χ0) is 26.0. The van der Waals surface area contributed by atoms with Crippen molar-refractivity contribution in [1.82, 2.24) is 20.5 Å². The second kappa shape index (κ2) is 10.2. The molecule has 1 aliphatic rings. The third-order valence-corrected chi connectivity index (χ3v) is 7.60. The van der Waals surface area contributed by atoms with Gasteiger partial charge in [-0.1, -0.05) is 71.9 Å². The number of carbonyl (C=O) groups excluding carboxylic acids is 1. The third-order valence-electron chi connectivity index (χ3n) is 6.41. The van der Waals surface area contributed by atoms with Crippen LogP contribution in [-0.4, -0.2) is 39.6 Å². The fourth-order valence-corrected chi connectivity index (χ4v) is 5.70. The Morgan fingerprint density at radius 3 is 2.22 bits per heavy atom. The van der Waals surface area contributed by atoms with Gasteiger partial charge >= 0.3 is 6.18 Å². The van der Waals surface area contributed by atoms with E-state index < -0.39 is 24.0 Å². The van der Waals surface area contributed by atoms with Crippen molar-refractivity contribution < 1.29 is 18.0 Å². The maximum absolute atomic E-state index is 13.5. The first-order valence-corrected chi connectivity index (χ1v) is 13.0. The van der Waals surface area contributed by atoms with Crippen molar-refractivity contribution >= 4 is 29.3 Å². The first-order valence-electron chi connectivity index (χ1n) is 11.6. The number of amides is 1. The van der Waals surface area contributed by atoms with Crippen LogP contribution >= 0.6 is 23.4 Å². The fourth-order valence-electron chi connectivity index (χ4n) is 4.83. The summed E-state index contributed by atoms with van der Waals surface area (Å²) in [6.45, 7) is -1.38. The van der Waals surface area contributed by atoms with Gasteiger partial charge in [0.1, 0.15) is 12.0 Å². The summed E-state index contributed by atoms with van der Waals surface area (Å²) in [5.74, 6) is 0.548. The number of carbonyl (C=O) groups is 1. The number of H-pyrrole nitrogens is 1. The number of rotatable bonds is 8. The summed E-state index contributed by atoms with van der Waals surface area (Å²) in [6, 6.07) is 22.1. The second-order valence-electron chi connectivity index (χ2n) is 8.72. The molecule has 2 N–H and O–H groups in total. The zero-order valence-electron chi connectivity index (χ0n) is 19.5. The highest BCUT2D eigenvalue weighted by atomic mass is 35.5. The highest BCUT2D eigenvalue weighted by molar-refractivity contribution is 7.99. The monoisotopic (exact) mass is 542 g/mol. The summed E-state index contributed by atoms with van der Waals surface area (Å²) in [6.07, 6.45) is -3.61. The van der Waals surface area contributed by atoms with Crippen LogP contribution in [0.25, 0.3) is 22.5 Å². The van der Waals surface area contributed by atoms with Crippen molar-refractivity contribution in [1.29, 1.82) is 0 Å². The molecule has 10 heteroatoms. The van der Waals surface area contributed by atoms with Crippen LogP contribution in [0.1, 0.15) is 24.0 Å². The Morgan fingerprint density at radius 2 is 1.59 bits per heavy atom. The number of fused-ring (bicyclic) bond motifs is 3. The van der Waals surface area contributed by atoms with Crippen LogP contribution in [-0.2, 0) is 10.2 Å². The number of nitrogens with one attached hydrogen (secondary N) is 2. The van der Waals surface area contributed by atoms with Crippen molar-refractivity contribution in [3.8, 4) is 22.5 Å². The molecule has 0 fully saturated rings. The van der Waals surface area contributed by atoms with E-state index in [0.29, 0.717) is 34.6 Å².